The average molecular weight is 270 g/mol. The molecule has 0 aromatic heterocycles. The molecule has 0 radical (unpaired) electrons. The maximum atomic E-state index is 10.7. The Kier molecular flexibility index (Phi) is 3.17. The van der Waals surface area contributed by atoms with Gasteiger partial charge in [0.2, 0.25) is 0 Å². The van der Waals surface area contributed by atoms with Crippen molar-refractivity contribution in [3.8, 4) is 0 Å². The van der Waals surface area contributed by atoms with Gasteiger partial charge < -0.3 is 14.8 Å². The van der Waals surface area contributed by atoms with Crippen molar-refractivity contribution in [3.63, 3.8) is 0 Å². The SMILES string of the molecule is O=C([O-])CCN1c2ccccc2Sc2ccccc21. The molecule has 3 nitrogen and oxygen atoms in total. The first kappa shape index (κ1) is 12.1. The second-order valence-corrected chi connectivity index (χ2v) is 5.39. The van der Waals surface area contributed by atoms with E-state index in [1.165, 1.54) is 0 Å². The molecule has 0 spiro atoms. The number of carboxylic acids is 1. The summed E-state index contributed by atoms with van der Waals surface area (Å²) in [6, 6.07) is 16.1. The molecule has 0 saturated carbocycles. The van der Waals surface area contributed by atoms with Crippen LogP contribution in [0.15, 0.2) is 58.3 Å². The molecule has 1 heterocycles. The van der Waals surface area contributed by atoms with Gasteiger partial charge in [-0.3, -0.25) is 0 Å². The number of benzene rings is 2. The summed E-state index contributed by atoms with van der Waals surface area (Å²) < 4.78 is 0. The van der Waals surface area contributed by atoms with Crippen LogP contribution in [-0.2, 0) is 4.79 Å². The van der Waals surface area contributed by atoms with Crippen molar-refractivity contribution in [2.75, 3.05) is 11.4 Å². The Balaban J connectivity index is 2.03. The predicted molar refractivity (Wildman–Crippen MR) is 73.6 cm³/mol. The van der Waals surface area contributed by atoms with Crippen molar-refractivity contribution in [1.29, 1.82) is 0 Å². The predicted octanol–water partition coefficient (Wildman–Crippen LogP) is 2.43. The first-order valence-electron chi connectivity index (χ1n) is 6.09. The number of para-hydroxylation sites is 2. The molecule has 0 amide bonds. The molecular formula is C15H12NO2S-. The smallest absolute Gasteiger partial charge is 0.0552 e. The number of hydrogen-bond donors (Lipinski definition) is 0. The third kappa shape index (κ3) is 2.31. The summed E-state index contributed by atoms with van der Waals surface area (Å²) in [4.78, 5) is 15.1. The lowest BCUT2D eigenvalue weighted by molar-refractivity contribution is -0.305. The Labute approximate surface area is 115 Å². The minimum atomic E-state index is -1.02. The summed E-state index contributed by atoms with van der Waals surface area (Å²) in [7, 11) is 0. The van der Waals surface area contributed by atoms with Crippen LogP contribution < -0.4 is 10.0 Å². The van der Waals surface area contributed by atoms with Crippen LogP contribution in [0, 0.1) is 0 Å². The summed E-state index contributed by atoms with van der Waals surface area (Å²) in [5, 5.41) is 10.7. The van der Waals surface area contributed by atoms with Crippen molar-refractivity contribution in [2.24, 2.45) is 0 Å². The lowest BCUT2D eigenvalue weighted by Gasteiger charge is -2.32. The van der Waals surface area contributed by atoms with E-state index < -0.39 is 5.97 Å². The van der Waals surface area contributed by atoms with Crippen LogP contribution >= 0.6 is 11.8 Å². The maximum absolute atomic E-state index is 10.7. The molecule has 3 rings (SSSR count). The molecule has 2 aromatic carbocycles. The van der Waals surface area contributed by atoms with Crippen LogP contribution in [0.1, 0.15) is 6.42 Å². The molecule has 0 atom stereocenters. The average Bonchev–Trinajstić information content (AvgIpc) is 2.43. The van der Waals surface area contributed by atoms with Gasteiger partial charge in [0, 0.05) is 28.7 Å². The topological polar surface area (TPSA) is 43.4 Å². The van der Waals surface area contributed by atoms with Crippen LogP contribution in [0.25, 0.3) is 0 Å². The maximum Gasteiger partial charge on any atom is 0.0552 e. The number of anilines is 2. The molecule has 0 fully saturated rings. The van der Waals surface area contributed by atoms with E-state index in [9.17, 15) is 9.90 Å². The highest BCUT2D eigenvalue weighted by atomic mass is 32.2. The van der Waals surface area contributed by atoms with Crippen molar-refractivity contribution in [2.45, 2.75) is 16.2 Å². The number of rotatable bonds is 3. The van der Waals surface area contributed by atoms with Gasteiger partial charge in [0.15, 0.2) is 0 Å². The van der Waals surface area contributed by atoms with Gasteiger partial charge >= 0.3 is 0 Å². The molecule has 19 heavy (non-hydrogen) atoms. The zero-order chi connectivity index (χ0) is 13.2. The Morgan fingerprint density at radius 2 is 1.53 bits per heavy atom. The number of hydrogen-bond acceptors (Lipinski definition) is 4. The third-order valence-electron chi connectivity index (χ3n) is 3.07. The van der Waals surface area contributed by atoms with Crippen molar-refractivity contribution in [3.05, 3.63) is 48.5 Å². The molecule has 0 unspecified atom stereocenters. The summed E-state index contributed by atoms with van der Waals surface area (Å²) in [6.45, 7) is 0.428. The number of nitrogens with zero attached hydrogens (tertiary/aromatic N) is 1. The fourth-order valence-electron chi connectivity index (χ4n) is 2.23. The zero-order valence-electron chi connectivity index (χ0n) is 10.2. The van der Waals surface area contributed by atoms with Gasteiger partial charge in [0.05, 0.1) is 11.4 Å². The second kappa shape index (κ2) is 4.97. The van der Waals surface area contributed by atoms with Crippen LogP contribution in [0.4, 0.5) is 11.4 Å². The Morgan fingerprint density at radius 3 is 2.05 bits per heavy atom. The molecule has 0 bridgehead atoms. The van der Waals surface area contributed by atoms with E-state index in [0.29, 0.717) is 6.54 Å². The minimum absolute atomic E-state index is 0.0212. The zero-order valence-corrected chi connectivity index (χ0v) is 11.0. The number of carbonyl (C=O) groups excluding carboxylic acids is 1. The van der Waals surface area contributed by atoms with Gasteiger partial charge in [-0.15, -0.1) is 0 Å². The second-order valence-electron chi connectivity index (χ2n) is 4.31. The molecule has 0 N–H and O–H groups in total. The van der Waals surface area contributed by atoms with Gasteiger partial charge in [0.25, 0.3) is 0 Å². The van der Waals surface area contributed by atoms with Crippen molar-refractivity contribution >= 4 is 29.1 Å². The van der Waals surface area contributed by atoms with E-state index in [-0.39, 0.29) is 6.42 Å². The van der Waals surface area contributed by atoms with E-state index in [1.807, 2.05) is 36.4 Å². The first-order valence-corrected chi connectivity index (χ1v) is 6.90. The molecule has 4 heteroatoms. The van der Waals surface area contributed by atoms with E-state index in [1.54, 1.807) is 11.8 Å². The number of carbonyl (C=O) groups is 1. The highest BCUT2D eigenvalue weighted by Gasteiger charge is 2.22. The molecule has 1 aliphatic heterocycles. The fourth-order valence-corrected chi connectivity index (χ4v) is 3.32. The summed E-state index contributed by atoms with van der Waals surface area (Å²) in [6.07, 6.45) is 0.0212. The molecule has 0 aliphatic carbocycles. The van der Waals surface area contributed by atoms with Crippen molar-refractivity contribution in [1.82, 2.24) is 0 Å². The normalized spacial score (nSPS) is 12.7. The van der Waals surface area contributed by atoms with E-state index in [0.717, 1.165) is 21.2 Å². The lowest BCUT2D eigenvalue weighted by Crippen LogP contribution is -2.29. The highest BCUT2D eigenvalue weighted by Crippen LogP contribution is 2.47. The highest BCUT2D eigenvalue weighted by molar-refractivity contribution is 7.99. The van der Waals surface area contributed by atoms with Crippen molar-refractivity contribution < 1.29 is 9.90 Å². The van der Waals surface area contributed by atoms with Gasteiger partial charge in [0.1, 0.15) is 0 Å². The number of fused-ring (bicyclic) bond motifs is 2. The number of carboxylic acid groups (broad SMARTS) is 1. The molecule has 96 valence electrons. The van der Waals surface area contributed by atoms with Crippen LogP contribution in [0.3, 0.4) is 0 Å². The van der Waals surface area contributed by atoms with Crippen LogP contribution in [0.5, 0.6) is 0 Å². The summed E-state index contributed by atoms with van der Waals surface area (Å²) in [5.41, 5.74) is 2.12. The third-order valence-corrected chi connectivity index (χ3v) is 4.20. The molecule has 1 aliphatic rings. The Bertz CT molecular complexity index is 582. The van der Waals surface area contributed by atoms with Gasteiger partial charge in [-0.05, 0) is 24.3 Å². The van der Waals surface area contributed by atoms with Crippen LogP contribution in [0.2, 0.25) is 0 Å². The van der Waals surface area contributed by atoms with E-state index in [4.69, 9.17) is 0 Å². The lowest BCUT2D eigenvalue weighted by atomic mass is 10.2. The molecule has 0 saturated heterocycles. The summed E-state index contributed by atoms with van der Waals surface area (Å²) in [5.74, 6) is -1.02. The number of aliphatic carboxylic acids is 1. The van der Waals surface area contributed by atoms with Gasteiger partial charge in [-0.1, -0.05) is 36.0 Å². The quantitative estimate of drug-likeness (QED) is 0.859. The van der Waals surface area contributed by atoms with E-state index in [2.05, 4.69) is 17.0 Å². The molecule has 2 aromatic rings. The van der Waals surface area contributed by atoms with Crippen LogP contribution in [-0.4, -0.2) is 12.5 Å². The van der Waals surface area contributed by atoms with Gasteiger partial charge in [-0.25, -0.2) is 0 Å². The first-order chi connectivity index (χ1) is 9.25. The largest absolute Gasteiger partial charge is 0.550 e. The van der Waals surface area contributed by atoms with E-state index >= 15 is 0 Å². The molecular weight excluding hydrogens is 258 g/mol. The van der Waals surface area contributed by atoms with Gasteiger partial charge in [-0.2, -0.15) is 0 Å². The minimum Gasteiger partial charge on any atom is -0.550 e. The summed E-state index contributed by atoms with van der Waals surface area (Å²) >= 11 is 1.72. The fraction of sp³-hybridized carbons (Fsp3) is 0.133. The Hall–Kier alpha value is -1.94. The monoisotopic (exact) mass is 270 g/mol. The Morgan fingerprint density at radius 1 is 1.00 bits per heavy atom. The standard InChI is InChI=1S/C15H13NO2S/c17-15(18)9-10-16-11-5-1-3-7-13(11)19-14-8-4-2-6-12(14)16/h1-8H,9-10H2,(H,17,18)/p-1.